The first-order chi connectivity index (χ1) is 21.6. The van der Waals surface area contributed by atoms with Gasteiger partial charge in [0.25, 0.3) is 5.91 Å². The number of carbonyl (C=O) groups excluding carboxylic acids is 4. The lowest BCUT2D eigenvalue weighted by Gasteiger charge is -2.09. The zero-order valence-corrected chi connectivity index (χ0v) is 27.8. The number of hydrogen-bond acceptors (Lipinski definition) is 6. The summed E-state index contributed by atoms with van der Waals surface area (Å²) in [5, 5.41) is 18.9. The Kier molecular flexibility index (Phi) is 19.2. The molecule has 0 fully saturated rings. The summed E-state index contributed by atoms with van der Waals surface area (Å²) in [5.41, 5.74) is 8.64. The maximum Gasteiger partial charge on any atom is 0.251 e. The second-order valence-electron chi connectivity index (χ2n) is 10.9. The Bertz CT molecular complexity index is 1300. The van der Waals surface area contributed by atoms with Crippen LogP contribution in [0.5, 0.6) is 0 Å². The van der Waals surface area contributed by atoms with Gasteiger partial charge in [0.2, 0.25) is 17.7 Å². The fourth-order valence-electron chi connectivity index (χ4n) is 4.03. The molecule has 1 unspecified atom stereocenters. The quantitative estimate of drug-likeness (QED) is 0.138. The number of H-pyrrole nitrogens is 1. The number of hydrogen-bond donors (Lipinski definition) is 6. The van der Waals surface area contributed by atoms with Gasteiger partial charge >= 0.3 is 0 Å². The summed E-state index contributed by atoms with van der Waals surface area (Å²) in [4.78, 5) is 47.7. The van der Waals surface area contributed by atoms with Gasteiger partial charge in [0.05, 0.1) is 24.3 Å². The van der Waals surface area contributed by atoms with E-state index >= 15 is 0 Å². The highest BCUT2D eigenvalue weighted by atomic mass is 16.2. The monoisotopic (exact) mass is 623 g/mol. The van der Waals surface area contributed by atoms with Crippen LogP contribution in [0, 0.1) is 5.92 Å². The molecule has 7 N–H and O–H groups in total. The molecule has 3 rings (SSSR count). The minimum Gasteiger partial charge on any atom is -0.355 e. The molecule has 11 heteroatoms. The van der Waals surface area contributed by atoms with Crippen LogP contribution in [-0.4, -0.2) is 66.0 Å². The normalized spacial score (nSPS) is 10.9. The van der Waals surface area contributed by atoms with Crippen LogP contribution >= 0.6 is 0 Å². The van der Waals surface area contributed by atoms with Crippen molar-refractivity contribution in [2.75, 3.05) is 26.2 Å². The van der Waals surface area contributed by atoms with E-state index in [4.69, 9.17) is 5.73 Å². The van der Waals surface area contributed by atoms with Gasteiger partial charge < -0.3 is 27.0 Å². The van der Waals surface area contributed by atoms with Crippen molar-refractivity contribution in [1.29, 1.82) is 0 Å². The molecule has 0 aliphatic heterocycles. The molecule has 0 saturated heterocycles. The largest absolute Gasteiger partial charge is 0.355 e. The summed E-state index contributed by atoms with van der Waals surface area (Å²) in [5.74, 6) is -0.735. The van der Waals surface area contributed by atoms with E-state index in [9.17, 15) is 19.2 Å². The van der Waals surface area contributed by atoms with E-state index in [2.05, 4.69) is 38.4 Å². The first-order valence-electron chi connectivity index (χ1n) is 16.0. The third-order valence-corrected chi connectivity index (χ3v) is 6.44. The summed E-state index contributed by atoms with van der Waals surface area (Å²) >= 11 is 0. The van der Waals surface area contributed by atoms with Gasteiger partial charge in [-0.05, 0) is 50.3 Å². The highest BCUT2D eigenvalue weighted by molar-refractivity contribution is 5.96. The summed E-state index contributed by atoms with van der Waals surface area (Å²) in [6.07, 6.45) is 4.02. The number of aromatic nitrogens is 2. The Morgan fingerprint density at radius 1 is 0.800 bits per heavy atom. The molecule has 1 heterocycles. The Hall–Kier alpha value is -4.25. The predicted molar refractivity (Wildman–Crippen MR) is 181 cm³/mol. The lowest BCUT2D eigenvalue weighted by atomic mass is 10.1. The Balaban J connectivity index is 0.00000113. The fourth-order valence-corrected chi connectivity index (χ4v) is 4.03. The van der Waals surface area contributed by atoms with Crippen LogP contribution in [0.2, 0.25) is 0 Å². The van der Waals surface area contributed by atoms with Crippen molar-refractivity contribution in [3.8, 4) is 11.3 Å². The number of rotatable bonds is 15. The maximum absolute atomic E-state index is 12.4. The predicted octanol–water partition coefficient (Wildman–Crippen LogP) is 4.29. The molecule has 3 aromatic rings. The Morgan fingerprint density at radius 3 is 2.00 bits per heavy atom. The van der Waals surface area contributed by atoms with Crippen LogP contribution < -0.4 is 27.0 Å². The molecule has 2 aromatic carbocycles. The second kappa shape index (κ2) is 22.3. The lowest BCUT2D eigenvalue weighted by molar-refractivity contribution is -0.127. The number of amides is 4. The molecule has 248 valence electrons. The summed E-state index contributed by atoms with van der Waals surface area (Å²) in [7, 11) is 0. The lowest BCUT2D eigenvalue weighted by Crippen LogP contribution is -2.42. The minimum atomic E-state index is -0.424. The average Bonchev–Trinajstić information content (AvgIpc) is 3.47. The smallest absolute Gasteiger partial charge is 0.251 e. The highest BCUT2D eigenvalue weighted by Gasteiger charge is 2.11. The van der Waals surface area contributed by atoms with Crippen LogP contribution in [0.1, 0.15) is 84.0 Å². The van der Waals surface area contributed by atoms with Crippen molar-refractivity contribution >= 4 is 34.5 Å². The number of para-hydroxylation sites is 1. The topological polar surface area (TPSA) is 171 Å². The van der Waals surface area contributed by atoms with Crippen LogP contribution in [0.25, 0.3) is 22.2 Å². The standard InChI is InChI=1S/C27H34N6O4.C5H13N.C2H6/c1-18(2)8-13-23(34)30-17-25(36)31-16-24(35)28-14-5-15-29-27(37)20-11-9-19(10-12-20)26-21-6-3-4-7-22(21)32-33-26;1-3-4-5(2)6;1-2/h3-4,6-7,9-12,18H,5,8,13-17H2,1-2H3,(H,28,35)(H,29,37)(H,30,34)(H,31,36)(H,32,33);5H,3-4,6H2,1-2H3;1-2H3. The number of aromatic amines is 1. The van der Waals surface area contributed by atoms with Gasteiger partial charge in [0.15, 0.2) is 0 Å². The highest BCUT2D eigenvalue weighted by Crippen LogP contribution is 2.26. The van der Waals surface area contributed by atoms with E-state index in [-0.39, 0.29) is 30.8 Å². The molecular weight excluding hydrogens is 570 g/mol. The van der Waals surface area contributed by atoms with Crippen molar-refractivity contribution in [3.05, 3.63) is 54.1 Å². The van der Waals surface area contributed by atoms with Crippen molar-refractivity contribution < 1.29 is 19.2 Å². The van der Waals surface area contributed by atoms with Crippen LogP contribution in [0.4, 0.5) is 0 Å². The van der Waals surface area contributed by atoms with Crippen LogP contribution in [0.3, 0.4) is 0 Å². The average molecular weight is 624 g/mol. The van der Waals surface area contributed by atoms with Gasteiger partial charge in [0, 0.05) is 42.1 Å². The van der Waals surface area contributed by atoms with Gasteiger partial charge in [-0.2, -0.15) is 5.10 Å². The molecule has 1 aromatic heterocycles. The molecule has 0 aliphatic carbocycles. The van der Waals surface area contributed by atoms with Gasteiger partial charge in [-0.15, -0.1) is 0 Å². The molecule has 0 aliphatic rings. The molecule has 4 amide bonds. The number of nitrogens with zero attached hydrogens (tertiary/aromatic N) is 1. The fraction of sp³-hybridized carbons (Fsp3) is 0.500. The van der Waals surface area contributed by atoms with Crippen molar-refractivity contribution in [2.45, 2.75) is 79.7 Å². The van der Waals surface area contributed by atoms with Gasteiger partial charge in [-0.25, -0.2) is 0 Å². The van der Waals surface area contributed by atoms with E-state index in [1.54, 1.807) is 12.1 Å². The van der Waals surface area contributed by atoms with E-state index < -0.39 is 5.91 Å². The van der Waals surface area contributed by atoms with E-state index in [1.165, 1.54) is 6.42 Å². The number of carbonyl (C=O) groups is 4. The van der Waals surface area contributed by atoms with Gasteiger partial charge in [-0.3, -0.25) is 24.3 Å². The zero-order chi connectivity index (χ0) is 33.6. The number of nitrogens with one attached hydrogen (secondary N) is 5. The van der Waals surface area contributed by atoms with E-state index in [1.807, 2.05) is 71.0 Å². The number of nitrogens with two attached hydrogens (primary N) is 1. The van der Waals surface area contributed by atoms with Crippen LogP contribution in [-0.2, 0) is 14.4 Å². The van der Waals surface area contributed by atoms with E-state index in [0.29, 0.717) is 43.5 Å². The molecule has 45 heavy (non-hydrogen) atoms. The molecule has 0 bridgehead atoms. The minimum absolute atomic E-state index is 0.157. The third-order valence-electron chi connectivity index (χ3n) is 6.44. The Morgan fingerprint density at radius 2 is 1.40 bits per heavy atom. The Labute approximate surface area is 267 Å². The SMILES string of the molecule is CC.CC(C)CCC(=O)NCC(=O)NCC(=O)NCCCNC(=O)c1ccc(-c2n[nH]c3ccccc23)cc1.CCCC(C)N. The maximum atomic E-state index is 12.4. The molecule has 0 spiro atoms. The molecule has 1 atom stereocenters. The zero-order valence-electron chi connectivity index (χ0n) is 27.8. The first kappa shape index (κ1) is 38.8. The van der Waals surface area contributed by atoms with Crippen LogP contribution in [0.15, 0.2) is 48.5 Å². The van der Waals surface area contributed by atoms with Gasteiger partial charge in [0.1, 0.15) is 0 Å². The van der Waals surface area contributed by atoms with Gasteiger partial charge in [-0.1, -0.05) is 71.4 Å². The third kappa shape index (κ3) is 15.9. The van der Waals surface area contributed by atoms with Crippen molar-refractivity contribution in [1.82, 2.24) is 31.5 Å². The summed E-state index contributed by atoms with van der Waals surface area (Å²) in [6.45, 7) is 12.6. The van der Waals surface area contributed by atoms with Crippen molar-refractivity contribution in [3.63, 3.8) is 0 Å². The van der Waals surface area contributed by atoms with Crippen molar-refractivity contribution in [2.24, 2.45) is 11.7 Å². The number of benzene rings is 2. The summed E-state index contributed by atoms with van der Waals surface area (Å²) in [6, 6.07) is 15.5. The molecular formula is C34H53N7O4. The van der Waals surface area contributed by atoms with E-state index in [0.717, 1.165) is 35.0 Å². The second-order valence-corrected chi connectivity index (χ2v) is 10.9. The molecule has 11 nitrogen and oxygen atoms in total. The first-order valence-corrected chi connectivity index (χ1v) is 16.0. The molecule has 0 radical (unpaired) electrons. The molecule has 0 saturated carbocycles. The summed E-state index contributed by atoms with van der Waals surface area (Å²) < 4.78 is 0. The number of fused-ring (bicyclic) bond motifs is 1.